The quantitative estimate of drug-likeness (QED) is 0.306. The molecule has 0 amide bonds. The number of halogens is 3. The van der Waals surface area contributed by atoms with Gasteiger partial charge in [0.2, 0.25) is 5.78 Å². The summed E-state index contributed by atoms with van der Waals surface area (Å²) >= 11 is 11.0. The van der Waals surface area contributed by atoms with Crippen LogP contribution in [-0.2, 0) is 0 Å². The number of Topliss-reactive ketones (excluding diaryl/α,β-unsaturated/α-hetero) is 1. The third-order valence-corrected chi connectivity index (χ3v) is 1.99. The van der Waals surface area contributed by atoms with E-state index >= 15 is 0 Å². The zero-order valence-corrected chi connectivity index (χ0v) is 7.79. The Balaban J connectivity index is 3.33. The van der Waals surface area contributed by atoms with Crippen LogP contribution in [0.25, 0.3) is 0 Å². The number of terminal acetylenes is 1. The zero-order chi connectivity index (χ0) is 10.0. The molecule has 13 heavy (non-hydrogen) atoms. The van der Waals surface area contributed by atoms with Gasteiger partial charge in [0.25, 0.3) is 0 Å². The summed E-state index contributed by atoms with van der Waals surface area (Å²) in [6.07, 6.45) is 4.85. The van der Waals surface area contributed by atoms with Crippen LogP contribution in [0, 0.1) is 18.2 Å². The van der Waals surface area contributed by atoms with E-state index in [-0.39, 0.29) is 15.6 Å². The first kappa shape index (κ1) is 10.0. The minimum absolute atomic E-state index is 0.0499. The maximum absolute atomic E-state index is 12.8. The number of ketones is 1. The molecule has 0 saturated heterocycles. The second-order valence-corrected chi connectivity index (χ2v) is 3.03. The summed E-state index contributed by atoms with van der Waals surface area (Å²) in [6.45, 7) is 0. The Morgan fingerprint density at radius 1 is 1.38 bits per heavy atom. The molecule has 0 heterocycles. The van der Waals surface area contributed by atoms with Crippen molar-refractivity contribution < 1.29 is 9.18 Å². The van der Waals surface area contributed by atoms with Gasteiger partial charge < -0.3 is 0 Å². The molecule has 0 aliphatic heterocycles. The number of benzene rings is 1. The van der Waals surface area contributed by atoms with Crippen molar-refractivity contribution in [1.29, 1.82) is 0 Å². The molecular weight excluding hydrogens is 214 g/mol. The van der Waals surface area contributed by atoms with Gasteiger partial charge in [-0.05, 0) is 18.1 Å². The predicted molar refractivity (Wildman–Crippen MR) is 49.6 cm³/mol. The van der Waals surface area contributed by atoms with Gasteiger partial charge in [0.05, 0.1) is 15.6 Å². The van der Waals surface area contributed by atoms with Crippen molar-refractivity contribution in [2.24, 2.45) is 0 Å². The van der Waals surface area contributed by atoms with Gasteiger partial charge in [0.1, 0.15) is 5.82 Å². The molecule has 1 rings (SSSR count). The monoisotopic (exact) mass is 216 g/mol. The van der Waals surface area contributed by atoms with Crippen molar-refractivity contribution in [2.75, 3.05) is 0 Å². The number of hydrogen-bond donors (Lipinski definition) is 0. The summed E-state index contributed by atoms with van der Waals surface area (Å²) in [4.78, 5) is 11.0. The van der Waals surface area contributed by atoms with Gasteiger partial charge in [-0.25, -0.2) is 4.39 Å². The molecule has 1 aromatic rings. The van der Waals surface area contributed by atoms with E-state index in [2.05, 4.69) is 0 Å². The first-order valence-electron chi connectivity index (χ1n) is 3.21. The van der Waals surface area contributed by atoms with Crippen LogP contribution in [0.15, 0.2) is 12.1 Å². The third kappa shape index (κ3) is 2.00. The first-order valence-corrected chi connectivity index (χ1v) is 3.97. The van der Waals surface area contributed by atoms with Crippen molar-refractivity contribution in [3.8, 4) is 12.3 Å². The molecule has 0 aromatic heterocycles. The van der Waals surface area contributed by atoms with Gasteiger partial charge >= 0.3 is 0 Å². The molecular formula is C9H3Cl2FO. The summed E-state index contributed by atoms with van der Waals surface area (Å²) < 4.78 is 12.8. The summed E-state index contributed by atoms with van der Waals surface area (Å²) in [6, 6.07) is 2.07. The highest BCUT2D eigenvalue weighted by molar-refractivity contribution is 6.37. The number of carbonyl (C=O) groups is 1. The Hall–Kier alpha value is -1.04. The molecule has 0 atom stereocenters. The lowest BCUT2D eigenvalue weighted by Crippen LogP contribution is -1.97. The van der Waals surface area contributed by atoms with Gasteiger partial charge in [-0.2, -0.15) is 0 Å². The standard InChI is InChI=1S/C9H3Cl2FO/c1-2-9(13)5-3-8(12)7(11)4-6(5)10/h1,3-4H. The molecule has 0 aliphatic rings. The molecule has 0 bridgehead atoms. The highest BCUT2D eigenvalue weighted by Gasteiger charge is 2.11. The third-order valence-electron chi connectivity index (χ3n) is 1.39. The average Bonchev–Trinajstić information content (AvgIpc) is 2.10. The maximum atomic E-state index is 12.8. The molecule has 1 aromatic carbocycles. The van der Waals surface area contributed by atoms with Gasteiger partial charge in [-0.3, -0.25) is 4.79 Å². The lowest BCUT2D eigenvalue weighted by Gasteiger charge is -2.00. The number of hydrogen-bond acceptors (Lipinski definition) is 1. The summed E-state index contributed by atoms with van der Waals surface area (Å²) in [5.74, 6) is 0.452. The fourth-order valence-electron chi connectivity index (χ4n) is 0.774. The van der Waals surface area contributed by atoms with Crippen molar-refractivity contribution in [3.63, 3.8) is 0 Å². The Bertz CT molecular complexity index is 407. The van der Waals surface area contributed by atoms with E-state index in [1.165, 1.54) is 0 Å². The SMILES string of the molecule is C#CC(=O)c1cc(F)c(Cl)cc1Cl. The molecule has 1 nitrogen and oxygen atoms in total. The highest BCUT2D eigenvalue weighted by Crippen LogP contribution is 2.24. The van der Waals surface area contributed by atoms with E-state index in [9.17, 15) is 9.18 Å². The number of carbonyl (C=O) groups excluding carboxylic acids is 1. The summed E-state index contributed by atoms with van der Waals surface area (Å²) in [5, 5.41) is -0.0899. The second kappa shape index (κ2) is 3.78. The van der Waals surface area contributed by atoms with Crippen molar-refractivity contribution in [3.05, 3.63) is 33.6 Å². The first-order chi connectivity index (χ1) is 6.06. The van der Waals surface area contributed by atoms with Crippen molar-refractivity contribution in [2.45, 2.75) is 0 Å². The van der Waals surface area contributed by atoms with Crippen LogP contribution in [0.1, 0.15) is 10.4 Å². The van der Waals surface area contributed by atoms with Crippen LogP contribution in [0.5, 0.6) is 0 Å². The molecule has 0 fully saturated rings. The van der Waals surface area contributed by atoms with E-state index in [0.717, 1.165) is 12.1 Å². The van der Waals surface area contributed by atoms with Crippen LogP contribution in [0.2, 0.25) is 10.0 Å². The maximum Gasteiger partial charge on any atom is 0.237 e. The second-order valence-electron chi connectivity index (χ2n) is 2.22. The minimum atomic E-state index is -0.718. The molecule has 0 spiro atoms. The Morgan fingerprint density at radius 3 is 2.54 bits per heavy atom. The van der Waals surface area contributed by atoms with Gasteiger partial charge in [-0.15, -0.1) is 6.42 Å². The average molecular weight is 217 g/mol. The van der Waals surface area contributed by atoms with Gasteiger partial charge in [-0.1, -0.05) is 23.2 Å². The lowest BCUT2D eigenvalue weighted by molar-refractivity contribution is 0.105. The Morgan fingerprint density at radius 2 is 2.00 bits per heavy atom. The lowest BCUT2D eigenvalue weighted by atomic mass is 10.1. The fourth-order valence-corrected chi connectivity index (χ4v) is 1.24. The smallest absolute Gasteiger partial charge is 0.237 e. The largest absolute Gasteiger partial charge is 0.279 e. The zero-order valence-electron chi connectivity index (χ0n) is 6.27. The molecule has 0 unspecified atom stereocenters. The van der Waals surface area contributed by atoms with E-state index < -0.39 is 11.6 Å². The van der Waals surface area contributed by atoms with Gasteiger partial charge in [0, 0.05) is 0 Å². The predicted octanol–water partition coefficient (Wildman–Crippen LogP) is 2.95. The van der Waals surface area contributed by atoms with E-state index in [4.69, 9.17) is 29.6 Å². The van der Waals surface area contributed by atoms with E-state index in [1.54, 1.807) is 0 Å². The topological polar surface area (TPSA) is 17.1 Å². The van der Waals surface area contributed by atoms with Crippen molar-refractivity contribution >= 4 is 29.0 Å². The molecule has 0 aliphatic carbocycles. The molecule has 0 saturated carbocycles. The minimum Gasteiger partial charge on any atom is -0.279 e. The highest BCUT2D eigenvalue weighted by atomic mass is 35.5. The molecule has 0 radical (unpaired) electrons. The van der Waals surface area contributed by atoms with Crippen LogP contribution in [-0.4, -0.2) is 5.78 Å². The Labute approximate surface area is 84.5 Å². The Kier molecular flexibility index (Phi) is 2.92. The van der Waals surface area contributed by atoms with Gasteiger partial charge in [0.15, 0.2) is 0 Å². The van der Waals surface area contributed by atoms with Crippen LogP contribution in [0.4, 0.5) is 4.39 Å². The summed E-state index contributed by atoms with van der Waals surface area (Å²) in [7, 11) is 0. The van der Waals surface area contributed by atoms with Crippen LogP contribution >= 0.6 is 23.2 Å². The molecule has 0 N–H and O–H groups in total. The summed E-state index contributed by atoms with van der Waals surface area (Å²) in [5.41, 5.74) is -0.0499. The van der Waals surface area contributed by atoms with Crippen LogP contribution in [0.3, 0.4) is 0 Å². The fraction of sp³-hybridized carbons (Fsp3) is 0. The van der Waals surface area contributed by atoms with Crippen LogP contribution < -0.4 is 0 Å². The van der Waals surface area contributed by atoms with Crippen molar-refractivity contribution in [1.82, 2.24) is 0 Å². The normalized spacial score (nSPS) is 9.38. The number of rotatable bonds is 1. The van der Waals surface area contributed by atoms with E-state index in [0.29, 0.717) is 0 Å². The van der Waals surface area contributed by atoms with E-state index in [1.807, 2.05) is 5.92 Å². The molecule has 66 valence electrons. The molecule has 4 heteroatoms.